The Kier molecular flexibility index (Phi) is 24.3. The van der Waals surface area contributed by atoms with Gasteiger partial charge in [0.2, 0.25) is 17.7 Å². The summed E-state index contributed by atoms with van der Waals surface area (Å²) < 4.78 is 0. The van der Waals surface area contributed by atoms with E-state index in [-0.39, 0.29) is 23.6 Å². The Bertz CT molecular complexity index is 525. The molecule has 0 heterocycles. The molecule has 0 fully saturated rings. The molecule has 35 heavy (non-hydrogen) atoms. The highest BCUT2D eigenvalue weighted by Crippen LogP contribution is 2.15. The van der Waals surface area contributed by atoms with Crippen molar-refractivity contribution in [3.63, 3.8) is 0 Å². The molecule has 5 N–H and O–H groups in total. The molecule has 0 radical (unpaired) electrons. The van der Waals surface area contributed by atoms with Crippen molar-refractivity contribution in [2.24, 2.45) is 17.4 Å². The van der Waals surface area contributed by atoms with Crippen LogP contribution in [0.15, 0.2) is 0 Å². The third kappa shape index (κ3) is 25.3. The standard InChI is InChI=1S/C29H57N3O3/c1-2-3-4-5-6-7-8-9-10-11-12-13-14-15-20-23-28(34)32-25-24-26(29(31)35)21-18-16-17-19-22-27(30)33/h26H,2-25H2,1H3,(H2,30,33)(H2,31,35)(H,32,34). The molecule has 6 heteroatoms. The van der Waals surface area contributed by atoms with E-state index in [1.165, 1.54) is 83.5 Å². The zero-order valence-electron chi connectivity index (χ0n) is 22.9. The summed E-state index contributed by atoms with van der Waals surface area (Å²) in [6.07, 6.45) is 25.7. The minimum absolute atomic E-state index is 0.0781. The zero-order chi connectivity index (χ0) is 26.0. The van der Waals surface area contributed by atoms with Crippen LogP contribution >= 0.6 is 0 Å². The topological polar surface area (TPSA) is 115 Å². The summed E-state index contributed by atoms with van der Waals surface area (Å²) in [5, 5.41) is 2.94. The first kappa shape index (κ1) is 33.4. The average Bonchev–Trinajstić information content (AvgIpc) is 2.82. The Morgan fingerprint density at radius 3 is 1.46 bits per heavy atom. The van der Waals surface area contributed by atoms with Crippen molar-refractivity contribution in [3.05, 3.63) is 0 Å². The van der Waals surface area contributed by atoms with Crippen LogP contribution in [0.2, 0.25) is 0 Å². The summed E-state index contributed by atoms with van der Waals surface area (Å²) in [6.45, 7) is 2.78. The lowest BCUT2D eigenvalue weighted by atomic mass is 9.96. The molecule has 0 aromatic heterocycles. The smallest absolute Gasteiger partial charge is 0.220 e. The highest BCUT2D eigenvalue weighted by molar-refractivity contribution is 5.77. The van der Waals surface area contributed by atoms with Crippen molar-refractivity contribution in [2.75, 3.05) is 6.54 Å². The van der Waals surface area contributed by atoms with Gasteiger partial charge in [0.1, 0.15) is 0 Å². The lowest BCUT2D eigenvalue weighted by molar-refractivity contribution is -0.123. The predicted octanol–water partition coefficient (Wildman–Crippen LogP) is 6.68. The molecular weight excluding hydrogens is 438 g/mol. The van der Waals surface area contributed by atoms with Gasteiger partial charge in [0, 0.05) is 25.3 Å². The number of rotatable bonds is 27. The number of amides is 3. The average molecular weight is 496 g/mol. The lowest BCUT2D eigenvalue weighted by Crippen LogP contribution is -2.30. The van der Waals surface area contributed by atoms with Gasteiger partial charge in [-0.1, -0.05) is 116 Å². The fourth-order valence-electron chi connectivity index (χ4n) is 4.60. The number of hydrogen-bond donors (Lipinski definition) is 3. The number of nitrogens with one attached hydrogen (secondary N) is 1. The van der Waals surface area contributed by atoms with E-state index in [9.17, 15) is 14.4 Å². The molecule has 0 aliphatic carbocycles. The van der Waals surface area contributed by atoms with E-state index < -0.39 is 0 Å². The highest BCUT2D eigenvalue weighted by Gasteiger charge is 2.15. The van der Waals surface area contributed by atoms with Crippen LogP contribution in [0.1, 0.15) is 155 Å². The zero-order valence-corrected chi connectivity index (χ0v) is 22.9. The van der Waals surface area contributed by atoms with Gasteiger partial charge in [0.15, 0.2) is 0 Å². The van der Waals surface area contributed by atoms with Crippen LogP contribution in [0.3, 0.4) is 0 Å². The van der Waals surface area contributed by atoms with Gasteiger partial charge in [-0.2, -0.15) is 0 Å². The first-order chi connectivity index (χ1) is 17.0. The Hall–Kier alpha value is -1.59. The molecule has 1 unspecified atom stereocenters. The third-order valence-corrected chi connectivity index (χ3v) is 6.95. The molecule has 3 amide bonds. The van der Waals surface area contributed by atoms with Gasteiger partial charge in [0.25, 0.3) is 0 Å². The van der Waals surface area contributed by atoms with E-state index in [0.29, 0.717) is 25.8 Å². The largest absolute Gasteiger partial charge is 0.370 e. The molecule has 0 spiro atoms. The molecular formula is C29H57N3O3. The van der Waals surface area contributed by atoms with Crippen molar-refractivity contribution < 1.29 is 14.4 Å². The molecule has 0 aliphatic heterocycles. The molecule has 0 saturated carbocycles. The van der Waals surface area contributed by atoms with Crippen LogP contribution in [0.25, 0.3) is 0 Å². The quantitative estimate of drug-likeness (QED) is 0.110. The van der Waals surface area contributed by atoms with Crippen LogP contribution in [-0.2, 0) is 14.4 Å². The van der Waals surface area contributed by atoms with Gasteiger partial charge in [-0.15, -0.1) is 0 Å². The molecule has 6 nitrogen and oxygen atoms in total. The number of unbranched alkanes of at least 4 members (excludes halogenated alkanes) is 17. The highest BCUT2D eigenvalue weighted by atomic mass is 16.2. The third-order valence-electron chi connectivity index (χ3n) is 6.95. The number of nitrogens with two attached hydrogens (primary N) is 2. The Morgan fingerprint density at radius 1 is 0.571 bits per heavy atom. The van der Waals surface area contributed by atoms with E-state index in [2.05, 4.69) is 12.2 Å². The summed E-state index contributed by atoms with van der Waals surface area (Å²) in [5.74, 6) is -0.675. The SMILES string of the molecule is CCCCCCCCCCCCCCCCCC(=O)NCCC(CCCCCCC(N)=O)C(N)=O. The molecule has 1 atom stereocenters. The number of primary amides is 2. The van der Waals surface area contributed by atoms with E-state index in [1.807, 2.05) is 0 Å². The van der Waals surface area contributed by atoms with Crippen LogP contribution in [0.5, 0.6) is 0 Å². The lowest BCUT2D eigenvalue weighted by Gasteiger charge is -2.13. The maximum atomic E-state index is 12.1. The van der Waals surface area contributed by atoms with Gasteiger partial charge in [0.05, 0.1) is 0 Å². The molecule has 0 bridgehead atoms. The van der Waals surface area contributed by atoms with Gasteiger partial charge in [-0.05, 0) is 25.7 Å². The first-order valence-corrected chi connectivity index (χ1v) is 14.8. The number of carbonyl (C=O) groups excluding carboxylic acids is 3. The monoisotopic (exact) mass is 495 g/mol. The summed E-state index contributed by atoms with van der Waals surface area (Å²) in [4.78, 5) is 34.4. The number of hydrogen-bond acceptors (Lipinski definition) is 3. The minimum atomic E-state index is -0.293. The molecule has 0 aliphatic rings. The van der Waals surface area contributed by atoms with Crippen molar-refractivity contribution in [3.8, 4) is 0 Å². The van der Waals surface area contributed by atoms with E-state index in [0.717, 1.165) is 44.9 Å². The maximum Gasteiger partial charge on any atom is 0.220 e. The van der Waals surface area contributed by atoms with Crippen molar-refractivity contribution in [1.29, 1.82) is 0 Å². The van der Waals surface area contributed by atoms with Gasteiger partial charge >= 0.3 is 0 Å². The van der Waals surface area contributed by atoms with Crippen molar-refractivity contribution >= 4 is 17.7 Å². The summed E-state index contributed by atoms with van der Waals surface area (Å²) >= 11 is 0. The van der Waals surface area contributed by atoms with E-state index in [4.69, 9.17) is 11.5 Å². The predicted molar refractivity (Wildman–Crippen MR) is 147 cm³/mol. The van der Waals surface area contributed by atoms with E-state index in [1.54, 1.807) is 0 Å². The van der Waals surface area contributed by atoms with Gasteiger partial charge < -0.3 is 16.8 Å². The molecule has 0 rings (SSSR count). The Balaban J connectivity index is 3.50. The molecule has 0 saturated heterocycles. The van der Waals surface area contributed by atoms with Gasteiger partial charge in [-0.25, -0.2) is 0 Å². The Labute approximate surface area is 216 Å². The van der Waals surface area contributed by atoms with Crippen molar-refractivity contribution in [2.45, 2.75) is 155 Å². The van der Waals surface area contributed by atoms with Crippen molar-refractivity contribution in [1.82, 2.24) is 5.32 Å². The second-order valence-electron chi connectivity index (χ2n) is 10.4. The van der Waals surface area contributed by atoms with E-state index >= 15 is 0 Å². The summed E-state index contributed by atoms with van der Waals surface area (Å²) in [7, 11) is 0. The number of carbonyl (C=O) groups is 3. The van der Waals surface area contributed by atoms with Gasteiger partial charge in [-0.3, -0.25) is 14.4 Å². The first-order valence-electron chi connectivity index (χ1n) is 14.8. The summed E-state index contributed by atoms with van der Waals surface area (Å²) in [6, 6.07) is 0. The second kappa shape index (κ2) is 25.5. The molecule has 206 valence electrons. The maximum absolute atomic E-state index is 12.1. The summed E-state index contributed by atoms with van der Waals surface area (Å²) in [5.41, 5.74) is 10.7. The Morgan fingerprint density at radius 2 is 1.00 bits per heavy atom. The van der Waals surface area contributed by atoms with Crippen LogP contribution in [0.4, 0.5) is 0 Å². The minimum Gasteiger partial charge on any atom is -0.370 e. The second-order valence-corrected chi connectivity index (χ2v) is 10.4. The van der Waals surface area contributed by atoms with Crippen LogP contribution in [-0.4, -0.2) is 24.3 Å². The molecule has 0 aromatic carbocycles. The van der Waals surface area contributed by atoms with Crippen LogP contribution in [0, 0.1) is 5.92 Å². The molecule has 0 aromatic rings. The normalized spacial score (nSPS) is 11.9. The van der Waals surface area contributed by atoms with Crippen LogP contribution < -0.4 is 16.8 Å². The fraction of sp³-hybridized carbons (Fsp3) is 0.897. The fourth-order valence-corrected chi connectivity index (χ4v) is 4.60.